The number of aliphatic hydroxyl groups excluding tert-OH is 1. The van der Waals surface area contributed by atoms with Gasteiger partial charge in [0.1, 0.15) is 11.8 Å². The van der Waals surface area contributed by atoms with Crippen molar-refractivity contribution >= 4 is 11.9 Å². The second kappa shape index (κ2) is 6.98. The number of nitriles is 1. The van der Waals surface area contributed by atoms with Crippen LogP contribution in [0.25, 0.3) is 0 Å². The summed E-state index contributed by atoms with van der Waals surface area (Å²) in [4.78, 5) is 21.9. The van der Waals surface area contributed by atoms with Crippen LogP contribution in [0.3, 0.4) is 0 Å². The Morgan fingerprint density at radius 1 is 1.37 bits per heavy atom. The van der Waals surface area contributed by atoms with E-state index < -0.39 is 24.5 Å². The number of carboxylic acid groups (broad SMARTS) is 1. The highest BCUT2D eigenvalue weighted by Crippen LogP contribution is 2.11. The molecular formula is C12H12N2O5. The Morgan fingerprint density at radius 3 is 2.47 bits per heavy atom. The van der Waals surface area contributed by atoms with Crippen molar-refractivity contribution in [3.05, 3.63) is 29.8 Å². The number of carbonyl (C=O) groups is 2. The van der Waals surface area contributed by atoms with Gasteiger partial charge in [0.2, 0.25) is 0 Å². The molecule has 0 aliphatic rings. The Hall–Kier alpha value is -2.59. The van der Waals surface area contributed by atoms with Crippen molar-refractivity contribution < 1.29 is 24.5 Å². The molecule has 19 heavy (non-hydrogen) atoms. The largest absolute Gasteiger partial charge is 0.484 e. The Balaban J connectivity index is 2.45. The second-order valence-corrected chi connectivity index (χ2v) is 3.57. The van der Waals surface area contributed by atoms with E-state index >= 15 is 0 Å². The van der Waals surface area contributed by atoms with Gasteiger partial charge in [0.05, 0.1) is 18.2 Å². The summed E-state index contributed by atoms with van der Waals surface area (Å²) in [6, 6.07) is 6.69. The molecule has 3 N–H and O–H groups in total. The third-order valence-corrected chi connectivity index (χ3v) is 2.17. The van der Waals surface area contributed by atoms with Gasteiger partial charge in [-0.1, -0.05) is 0 Å². The Kier molecular flexibility index (Phi) is 5.32. The lowest BCUT2D eigenvalue weighted by Crippen LogP contribution is -2.45. The molecule has 0 radical (unpaired) electrons. The molecule has 1 aromatic rings. The molecule has 0 fully saturated rings. The summed E-state index contributed by atoms with van der Waals surface area (Å²) >= 11 is 0. The van der Waals surface area contributed by atoms with Crippen LogP contribution in [0.5, 0.6) is 5.75 Å². The summed E-state index contributed by atoms with van der Waals surface area (Å²) in [6.07, 6.45) is 0. The van der Waals surface area contributed by atoms with E-state index in [0.717, 1.165) is 0 Å². The molecule has 1 amide bonds. The normalized spacial score (nSPS) is 11.2. The minimum Gasteiger partial charge on any atom is -0.484 e. The van der Waals surface area contributed by atoms with Gasteiger partial charge in [-0.2, -0.15) is 5.26 Å². The van der Waals surface area contributed by atoms with Crippen LogP contribution in [0.1, 0.15) is 5.56 Å². The summed E-state index contributed by atoms with van der Waals surface area (Å²) in [5.41, 5.74) is 0.461. The molecule has 0 saturated carbocycles. The van der Waals surface area contributed by atoms with Crippen LogP contribution >= 0.6 is 0 Å². The predicted molar refractivity (Wildman–Crippen MR) is 63.3 cm³/mol. The summed E-state index contributed by atoms with van der Waals surface area (Å²) in [6.45, 7) is -1.08. The van der Waals surface area contributed by atoms with Gasteiger partial charge >= 0.3 is 5.97 Å². The fraction of sp³-hybridized carbons (Fsp3) is 0.250. The topological polar surface area (TPSA) is 120 Å². The quantitative estimate of drug-likeness (QED) is 0.637. The highest BCUT2D eigenvalue weighted by atomic mass is 16.5. The van der Waals surface area contributed by atoms with Crippen molar-refractivity contribution in [2.75, 3.05) is 13.2 Å². The van der Waals surface area contributed by atoms with Gasteiger partial charge in [0.15, 0.2) is 6.61 Å². The number of rotatable bonds is 6. The van der Waals surface area contributed by atoms with Gasteiger partial charge in [-0.15, -0.1) is 0 Å². The molecule has 0 aromatic heterocycles. The summed E-state index contributed by atoms with van der Waals surface area (Å²) in [5.74, 6) is -1.61. The number of hydrogen-bond donors (Lipinski definition) is 3. The van der Waals surface area contributed by atoms with Crippen molar-refractivity contribution in [1.82, 2.24) is 5.32 Å². The summed E-state index contributed by atoms with van der Waals surface area (Å²) < 4.78 is 5.10. The van der Waals surface area contributed by atoms with Crippen molar-refractivity contribution in [2.45, 2.75) is 6.04 Å². The number of carboxylic acids is 1. The maximum Gasteiger partial charge on any atom is 0.328 e. The number of benzene rings is 1. The number of aliphatic carboxylic acids is 1. The zero-order chi connectivity index (χ0) is 14.3. The first kappa shape index (κ1) is 14.5. The first-order chi connectivity index (χ1) is 9.06. The average Bonchev–Trinajstić information content (AvgIpc) is 2.42. The third-order valence-electron chi connectivity index (χ3n) is 2.17. The monoisotopic (exact) mass is 264 g/mol. The van der Waals surface area contributed by atoms with Crippen molar-refractivity contribution in [1.29, 1.82) is 5.26 Å². The molecule has 1 rings (SSSR count). The van der Waals surface area contributed by atoms with Gasteiger partial charge in [0.25, 0.3) is 5.91 Å². The van der Waals surface area contributed by atoms with Crippen LogP contribution in [-0.2, 0) is 9.59 Å². The smallest absolute Gasteiger partial charge is 0.328 e. The van der Waals surface area contributed by atoms with Crippen molar-refractivity contribution in [3.63, 3.8) is 0 Å². The molecule has 7 heteroatoms. The van der Waals surface area contributed by atoms with Crippen LogP contribution in [0, 0.1) is 11.3 Å². The molecule has 0 spiro atoms. The van der Waals surface area contributed by atoms with E-state index in [1.807, 2.05) is 6.07 Å². The maximum absolute atomic E-state index is 11.4. The van der Waals surface area contributed by atoms with E-state index in [1.54, 1.807) is 0 Å². The molecule has 7 nitrogen and oxygen atoms in total. The van der Waals surface area contributed by atoms with Gasteiger partial charge < -0.3 is 20.3 Å². The standard InChI is InChI=1S/C12H12N2O5/c13-5-8-1-3-9(4-2-8)19-7-11(16)14-10(6-15)12(17)18/h1-4,10,15H,6-7H2,(H,14,16)(H,17,18)/t10-/m1/s1. The number of ether oxygens (including phenoxy) is 1. The zero-order valence-electron chi connectivity index (χ0n) is 9.87. The molecule has 0 bridgehead atoms. The Labute approximate surface area is 109 Å². The Morgan fingerprint density at radius 2 is 2.00 bits per heavy atom. The number of nitrogens with zero attached hydrogens (tertiary/aromatic N) is 1. The van der Waals surface area contributed by atoms with Crippen molar-refractivity contribution in [3.8, 4) is 11.8 Å². The van der Waals surface area contributed by atoms with Crippen LogP contribution in [0.15, 0.2) is 24.3 Å². The molecule has 1 atom stereocenters. The fourth-order valence-corrected chi connectivity index (χ4v) is 1.20. The highest BCUT2D eigenvalue weighted by Gasteiger charge is 2.18. The minimum absolute atomic E-state index is 0.379. The van der Waals surface area contributed by atoms with E-state index in [0.29, 0.717) is 11.3 Å². The SMILES string of the molecule is N#Cc1ccc(OCC(=O)N[C@H](CO)C(=O)O)cc1. The highest BCUT2D eigenvalue weighted by molar-refractivity contribution is 5.84. The van der Waals surface area contributed by atoms with Crippen LogP contribution < -0.4 is 10.1 Å². The molecule has 0 aliphatic carbocycles. The molecule has 0 heterocycles. The van der Waals surface area contributed by atoms with E-state index in [9.17, 15) is 9.59 Å². The second-order valence-electron chi connectivity index (χ2n) is 3.57. The molecule has 100 valence electrons. The Bertz CT molecular complexity index is 492. The van der Waals surface area contributed by atoms with E-state index in [-0.39, 0.29) is 6.61 Å². The number of nitrogens with one attached hydrogen (secondary N) is 1. The van der Waals surface area contributed by atoms with Gasteiger partial charge in [-0.25, -0.2) is 4.79 Å². The lowest BCUT2D eigenvalue weighted by molar-refractivity contribution is -0.143. The van der Waals surface area contributed by atoms with Crippen LogP contribution in [0.4, 0.5) is 0 Å². The average molecular weight is 264 g/mol. The van der Waals surface area contributed by atoms with E-state index in [2.05, 4.69) is 5.32 Å². The van der Waals surface area contributed by atoms with Gasteiger partial charge in [0, 0.05) is 0 Å². The summed E-state index contributed by atoms with van der Waals surface area (Å²) in [5, 5.41) is 28.0. The lowest BCUT2D eigenvalue weighted by Gasteiger charge is -2.12. The molecule has 0 aliphatic heterocycles. The molecule has 0 unspecified atom stereocenters. The predicted octanol–water partition coefficient (Wildman–Crippen LogP) is -0.501. The van der Waals surface area contributed by atoms with Gasteiger partial charge in [-0.05, 0) is 24.3 Å². The fourth-order valence-electron chi connectivity index (χ4n) is 1.20. The zero-order valence-corrected chi connectivity index (χ0v) is 9.87. The van der Waals surface area contributed by atoms with Crippen molar-refractivity contribution in [2.24, 2.45) is 0 Å². The van der Waals surface area contributed by atoms with Crippen LogP contribution in [-0.4, -0.2) is 41.3 Å². The lowest BCUT2D eigenvalue weighted by atomic mass is 10.2. The number of hydrogen-bond acceptors (Lipinski definition) is 5. The number of aliphatic hydroxyl groups is 1. The number of carbonyl (C=O) groups excluding carboxylic acids is 1. The maximum atomic E-state index is 11.4. The first-order valence-electron chi connectivity index (χ1n) is 5.33. The van der Waals surface area contributed by atoms with E-state index in [1.165, 1.54) is 24.3 Å². The molecular weight excluding hydrogens is 252 g/mol. The van der Waals surface area contributed by atoms with Crippen LogP contribution in [0.2, 0.25) is 0 Å². The minimum atomic E-state index is -1.35. The first-order valence-corrected chi connectivity index (χ1v) is 5.33. The molecule has 0 saturated heterocycles. The third kappa shape index (κ3) is 4.65. The van der Waals surface area contributed by atoms with Gasteiger partial charge in [-0.3, -0.25) is 4.79 Å². The molecule has 1 aromatic carbocycles. The summed E-state index contributed by atoms with van der Waals surface area (Å²) in [7, 11) is 0. The van der Waals surface area contributed by atoms with E-state index in [4.69, 9.17) is 20.2 Å². The number of amides is 1.